The SMILES string of the molecule is CC(=Nc1ccccc1C(F)(F)F)C(F)(F)F. The molecular formula is C10H7F6N. The Labute approximate surface area is 92.8 Å². The first-order valence-corrected chi connectivity index (χ1v) is 4.41. The van der Waals surface area contributed by atoms with Crippen LogP contribution >= 0.6 is 0 Å². The van der Waals surface area contributed by atoms with E-state index in [9.17, 15) is 26.3 Å². The van der Waals surface area contributed by atoms with Gasteiger partial charge in [0.05, 0.1) is 11.3 Å². The third-order valence-corrected chi connectivity index (χ3v) is 1.91. The van der Waals surface area contributed by atoms with Gasteiger partial charge in [0.15, 0.2) is 0 Å². The van der Waals surface area contributed by atoms with Crippen molar-refractivity contribution in [3.63, 3.8) is 0 Å². The molecule has 0 heterocycles. The molecule has 1 rings (SSSR count). The topological polar surface area (TPSA) is 12.4 Å². The third kappa shape index (κ3) is 3.47. The van der Waals surface area contributed by atoms with Crippen molar-refractivity contribution in [1.29, 1.82) is 0 Å². The molecule has 1 aromatic carbocycles. The first-order valence-electron chi connectivity index (χ1n) is 4.41. The lowest BCUT2D eigenvalue weighted by molar-refractivity contribution is -0.137. The fourth-order valence-corrected chi connectivity index (χ4v) is 1.05. The molecule has 0 aliphatic carbocycles. The monoisotopic (exact) mass is 255 g/mol. The zero-order valence-electron chi connectivity index (χ0n) is 8.52. The highest BCUT2D eigenvalue weighted by Crippen LogP contribution is 2.36. The molecule has 0 atom stereocenters. The first-order chi connectivity index (χ1) is 7.62. The summed E-state index contributed by atoms with van der Waals surface area (Å²) in [4.78, 5) is 2.97. The Bertz CT molecular complexity index is 429. The number of hydrogen-bond acceptors (Lipinski definition) is 1. The van der Waals surface area contributed by atoms with Gasteiger partial charge < -0.3 is 0 Å². The number of nitrogens with zero attached hydrogens (tertiary/aromatic N) is 1. The lowest BCUT2D eigenvalue weighted by atomic mass is 10.1. The van der Waals surface area contributed by atoms with E-state index >= 15 is 0 Å². The highest BCUT2D eigenvalue weighted by atomic mass is 19.4. The first kappa shape index (κ1) is 13.5. The summed E-state index contributed by atoms with van der Waals surface area (Å²) >= 11 is 0. The lowest BCUT2D eigenvalue weighted by Crippen LogP contribution is -2.19. The fraction of sp³-hybridized carbons (Fsp3) is 0.300. The van der Waals surface area contributed by atoms with Gasteiger partial charge in [0.25, 0.3) is 0 Å². The molecular weight excluding hydrogens is 248 g/mol. The average Bonchev–Trinajstić information content (AvgIpc) is 2.15. The van der Waals surface area contributed by atoms with Gasteiger partial charge in [0, 0.05) is 0 Å². The maximum atomic E-state index is 12.4. The van der Waals surface area contributed by atoms with Gasteiger partial charge in [-0.2, -0.15) is 26.3 Å². The minimum absolute atomic E-state index is 0.618. The van der Waals surface area contributed by atoms with Crippen LogP contribution in [-0.2, 0) is 6.18 Å². The summed E-state index contributed by atoms with van der Waals surface area (Å²) in [6.45, 7) is 0.618. The predicted molar refractivity (Wildman–Crippen MR) is 50.3 cm³/mol. The van der Waals surface area contributed by atoms with Gasteiger partial charge in [0.2, 0.25) is 0 Å². The van der Waals surface area contributed by atoms with Gasteiger partial charge >= 0.3 is 12.4 Å². The van der Waals surface area contributed by atoms with Gasteiger partial charge in [-0.05, 0) is 19.1 Å². The quantitative estimate of drug-likeness (QED) is 0.522. The maximum absolute atomic E-state index is 12.4. The minimum atomic E-state index is -4.74. The van der Waals surface area contributed by atoms with E-state index in [1.165, 1.54) is 6.07 Å². The number of rotatable bonds is 1. The standard InChI is InChI=1S/C10H7F6N/c1-6(9(11,12)13)17-8-5-3-2-4-7(8)10(14,15)16/h2-5H,1H3. The zero-order chi connectivity index (χ0) is 13.3. The van der Waals surface area contributed by atoms with Crippen LogP contribution in [0.5, 0.6) is 0 Å². The van der Waals surface area contributed by atoms with E-state index in [2.05, 4.69) is 4.99 Å². The Balaban J connectivity index is 3.25. The highest BCUT2D eigenvalue weighted by Gasteiger charge is 2.35. The average molecular weight is 255 g/mol. The summed E-state index contributed by atoms with van der Waals surface area (Å²) in [5, 5.41) is 0. The summed E-state index contributed by atoms with van der Waals surface area (Å²) in [7, 11) is 0. The molecule has 0 aromatic heterocycles. The van der Waals surface area contributed by atoms with Crippen LogP contribution in [-0.4, -0.2) is 11.9 Å². The Morgan fingerprint density at radius 3 is 2.00 bits per heavy atom. The van der Waals surface area contributed by atoms with Gasteiger partial charge in [-0.25, -0.2) is 4.99 Å². The second-order valence-corrected chi connectivity index (χ2v) is 3.21. The van der Waals surface area contributed by atoms with E-state index in [1.54, 1.807) is 0 Å². The van der Waals surface area contributed by atoms with Crippen LogP contribution in [0.1, 0.15) is 12.5 Å². The van der Waals surface area contributed by atoms with Crippen molar-refractivity contribution in [2.24, 2.45) is 4.99 Å². The number of para-hydroxylation sites is 1. The molecule has 0 radical (unpaired) electrons. The summed E-state index contributed by atoms with van der Waals surface area (Å²) in [5.41, 5.74) is -3.26. The molecule has 0 aliphatic heterocycles. The predicted octanol–water partition coefficient (Wildman–Crippen LogP) is 4.36. The highest BCUT2D eigenvalue weighted by molar-refractivity contribution is 5.89. The third-order valence-electron chi connectivity index (χ3n) is 1.91. The Kier molecular flexibility index (Phi) is 3.49. The van der Waals surface area contributed by atoms with Crippen LogP contribution in [0.25, 0.3) is 0 Å². The number of alkyl halides is 6. The summed E-state index contributed by atoms with van der Waals surface area (Å²) in [6.07, 6.45) is -9.47. The molecule has 1 aromatic rings. The van der Waals surface area contributed by atoms with Gasteiger partial charge in [-0.15, -0.1) is 0 Å². The van der Waals surface area contributed by atoms with Crippen molar-refractivity contribution in [3.8, 4) is 0 Å². The largest absolute Gasteiger partial charge is 0.429 e. The molecule has 0 saturated heterocycles. The molecule has 17 heavy (non-hydrogen) atoms. The Morgan fingerprint density at radius 2 is 1.53 bits per heavy atom. The lowest BCUT2D eigenvalue weighted by Gasteiger charge is -2.11. The molecule has 0 N–H and O–H groups in total. The molecule has 0 aliphatic rings. The van der Waals surface area contributed by atoms with Crippen molar-refractivity contribution in [2.45, 2.75) is 19.3 Å². The maximum Gasteiger partial charge on any atom is 0.429 e. The molecule has 1 nitrogen and oxygen atoms in total. The van der Waals surface area contributed by atoms with Gasteiger partial charge in [-0.3, -0.25) is 0 Å². The summed E-state index contributed by atoms with van der Waals surface area (Å²) in [6, 6.07) is 3.85. The van der Waals surface area contributed by atoms with Crippen molar-refractivity contribution in [2.75, 3.05) is 0 Å². The molecule has 0 bridgehead atoms. The minimum Gasteiger partial charge on any atom is -0.248 e. The van der Waals surface area contributed by atoms with Crippen LogP contribution in [0.15, 0.2) is 29.3 Å². The molecule has 7 heteroatoms. The van der Waals surface area contributed by atoms with Crippen molar-refractivity contribution in [1.82, 2.24) is 0 Å². The van der Waals surface area contributed by atoms with Crippen LogP contribution in [0.4, 0.5) is 32.0 Å². The summed E-state index contributed by atoms with van der Waals surface area (Å²) < 4.78 is 73.8. The van der Waals surface area contributed by atoms with E-state index in [4.69, 9.17) is 0 Å². The van der Waals surface area contributed by atoms with E-state index in [1.807, 2.05) is 0 Å². The zero-order valence-corrected chi connectivity index (χ0v) is 8.52. The second kappa shape index (κ2) is 4.38. The van der Waals surface area contributed by atoms with Crippen LogP contribution in [0.2, 0.25) is 0 Å². The van der Waals surface area contributed by atoms with Crippen molar-refractivity contribution < 1.29 is 26.3 Å². The Morgan fingerprint density at radius 1 is 1.00 bits per heavy atom. The Hall–Kier alpha value is -1.53. The molecule has 0 saturated carbocycles. The van der Waals surface area contributed by atoms with E-state index in [0.717, 1.165) is 12.1 Å². The number of halogens is 6. The van der Waals surface area contributed by atoms with Crippen LogP contribution in [0.3, 0.4) is 0 Å². The number of aliphatic imine (C=N–C) groups is 1. The normalized spacial score (nSPS) is 13.9. The molecule has 0 spiro atoms. The van der Waals surface area contributed by atoms with Gasteiger partial charge in [-0.1, -0.05) is 12.1 Å². The number of benzene rings is 1. The van der Waals surface area contributed by atoms with Crippen LogP contribution in [0, 0.1) is 0 Å². The fourth-order valence-electron chi connectivity index (χ4n) is 1.05. The van der Waals surface area contributed by atoms with Crippen molar-refractivity contribution in [3.05, 3.63) is 29.8 Å². The van der Waals surface area contributed by atoms with E-state index in [-0.39, 0.29) is 0 Å². The van der Waals surface area contributed by atoms with Crippen LogP contribution < -0.4 is 0 Å². The molecule has 94 valence electrons. The molecule has 0 amide bonds. The van der Waals surface area contributed by atoms with E-state index < -0.39 is 29.3 Å². The van der Waals surface area contributed by atoms with E-state index in [0.29, 0.717) is 13.0 Å². The molecule has 0 unspecified atom stereocenters. The van der Waals surface area contributed by atoms with Gasteiger partial charge in [0.1, 0.15) is 5.71 Å². The molecule has 0 fully saturated rings. The second-order valence-electron chi connectivity index (χ2n) is 3.21. The number of hydrogen-bond donors (Lipinski definition) is 0. The van der Waals surface area contributed by atoms with Crippen molar-refractivity contribution >= 4 is 11.4 Å². The summed E-state index contributed by atoms with van der Waals surface area (Å²) in [5.74, 6) is 0. The smallest absolute Gasteiger partial charge is 0.248 e.